The lowest BCUT2D eigenvalue weighted by Crippen LogP contribution is -2.44. The molecule has 0 aromatic heterocycles. The van der Waals surface area contributed by atoms with Gasteiger partial charge in [0, 0.05) is 18.1 Å². The molecular weight excluding hydrogens is 244 g/mol. The molecule has 1 aromatic carbocycles. The van der Waals surface area contributed by atoms with Crippen molar-refractivity contribution in [3.63, 3.8) is 0 Å². The molecule has 2 nitrogen and oxygen atoms in total. The van der Waals surface area contributed by atoms with Gasteiger partial charge in [-0.3, -0.25) is 4.90 Å². The van der Waals surface area contributed by atoms with E-state index >= 15 is 0 Å². The Morgan fingerprint density at radius 1 is 1.15 bits per heavy atom. The lowest BCUT2D eigenvalue weighted by Gasteiger charge is -2.38. The first-order valence-corrected chi connectivity index (χ1v) is 7.69. The van der Waals surface area contributed by atoms with Crippen molar-refractivity contribution in [3.05, 3.63) is 34.4 Å². The summed E-state index contributed by atoms with van der Waals surface area (Å²) in [4.78, 5) is 2.47. The second kappa shape index (κ2) is 6.73. The van der Waals surface area contributed by atoms with Crippen LogP contribution < -0.4 is 5.32 Å². The Morgan fingerprint density at radius 2 is 1.65 bits per heavy atom. The fraction of sp³-hybridized carbons (Fsp3) is 0.667. The van der Waals surface area contributed by atoms with Gasteiger partial charge < -0.3 is 5.32 Å². The van der Waals surface area contributed by atoms with Crippen molar-refractivity contribution in [3.8, 4) is 0 Å². The summed E-state index contributed by atoms with van der Waals surface area (Å²) < 4.78 is 0. The Hall–Kier alpha value is -0.860. The lowest BCUT2D eigenvalue weighted by molar-refractivity contribution is 0.137. The SMILES string of the molecule is CCC(C)(C)N(C)CC(NC)c1c(C)cc(C)cc1C. The molecule has 1 rings (SSSR count). The summed E-state index contributed by atoms with van der Waals surface area (Å²) in [6, 6.07) is 4.96. The van der Waals surface area contributed by atoms with Crippen molar-refractivity contribution in [1.29, 1.82) is 0 Å². The number of nitrogens with zero attached hydrogens (tertiary/aromatic N) is 1. The second-order valence-corrected chi connectivity index (χ2v) is 6.70. The third-order valence-corrected chi connectivity index (χ3v) is 4.79. The maximum atomic E-state index is 3.50. The Kier molecular flexibility index (Phi) is 5.79. The van der Waals surface area contributed by atoms with Crippen molar-refractivity contribution in [2.24, 2.45) is 0 Å². The average molecular weight is 276 g/mol. The van der Waals surface area contributed by atoms with Crippen LogP contribution in [-0.2, 0) is 0 Å². The molecule has 0 aliphatic rings. The van der Waals surface area contributed by atoms with Gasteiger partial charge in [-0.1, -0.05) is 24.6 Å². The summed E-state index contributed by atoms with van der Waals surface area (Å²) >= 11 is 0. The van der Waals surface area contributed by atoms with E-state index in [2.05, 4.69) is 78.0 Å². The largest absolute Gasteiger partial charge is 0.312 e. The minimum absolute atomic E-state index is 0.238. The number of rotatable bonds is 6. The number of benzene rings is 1. The van der Waals surface area contributed by atoms with Gasteiger partial charge in [0.2, 0.25) is 0 Å². The Bertz CT molecular complexity index is 426. The second-order valence-electron chi connectivity index (χ2n) is 6.70. The van der Waals surface area contributed by atoms with Crippen LogP contribution in [0.3, 0.4) is 0 Å². The standard InChI is InChI=1S/C18H32N2/c1-9-18(5,6)20(8)12-16(19-7)17-14(3)10-13(2)11-15(17)4/h10-11,16,19H,9,12H2,1-8H3. The first kappa shape index (κ1) is 17.2. The van der Waals surface area contributed by atoms with Crippen LogP contribution in [-0.4, -0.2) is 31.1 Å². The average Bonchev–Trinajstić information content (AvgIpc) is 2.35. The quantitative estimate of drug-likeness (QED) is 0.845. The van der Waals surface area contributed by atoms with Gasteiger partial charge in [-0.15, -0.1) is 0 Å². The minimum atomic E-state index is 0.238. The third kappa shape index (κ3) is 3.83. The summed E-state index contributed by atoms with van der Waals surface area (Å²) in [5.74, 6) is 0. The van der Waals surface area contributed by atoms with Crippen molar-refractivity contribution in [2.45, 2.75) is 59.5 Å². The predicted molar refractivity (Wildman–Crippen MR) is 89.5 cm³/mol. The molecule has 1 unspecified atom stereocenters. The van der Waals surface area contributed by atoms with Crippen LogP contribution in [0.15, 0.2) is 12.1 Å². The fourth-order valence-electron chi connectivity index (χ4n) is 2.86. The zero-order valence-electron chi connectivity index (χ0n) is 14.6. The van der Waals surface area contributed by atoms with E-state index in [9.17, 15) is 0 Å². The zero-order valence-corrected chi connectivity index (χ0v) is 14.6. The molecule has 0 bridgehead atoms. The van der Waals surface area contributed by atoms with Crippen LogP contribution in [0.2, 0.25) is 0 Å². The number of nitrogens with one attached hydrogen (secondary N) is 1. The van der Waals surface area contributed by atoms with E-state index in [1.807, 2.05) is 0 Å². The first-order valence-electron chi connectivity index (χ1n) is 7.69. The van der Waals surface area contributed by atoms with Crippen LogP contribution in [0.1, 0.15) is 55.5 Å². The van der Waals surface area contributed by atoms with Gasteiger partial charge in [-0.25, -0.2) is 0 Å². The van der Waals surface area contributed by atoms with E-state index in [0.717, 1.165) is 13.0 Å². The fourth-order valence-corrected chi connectivity index (χ4v) is 2.86. The molecule has 0 heterocycles. The normalized spacial score (nSPS) is 13.8. The number of likely N-dealkylation sites (N-methyl/N-ethyl adjacent to an activating group) is 2. The monoisotopic (exact) mass is 276 g/mol. The van der Waals surface area contributed by atoms with Gasteiger partial charge in [-0.2, -0.15) is 0 Å². The van der Waals surface area contributed by atoms with Crippen molar-refractivity contribution >= 4 is 0 Å². The smallest absolute Gasteiger partial charge is 0.0452 e. The summed E-state index contributed by atoms with van der Waals surface area (Å²) in [5.41, 5.74) is 5.83. The molecule has 0 fully saturated rings. The molecular formula is C18H32N2. The van der Waals surface area contributed by atoms with Crippen LogP contribution in [0.25, 0.3) is 0 Å². The maximum Gasteiger partial charge on any atom is 0.0452 e. The summed E-state index contributed by atoms with van der Waals surface area (Å²) in [6.07, 6.45) is 1.16. The first-order chi connectivity index (χ1) is 9.22. The maximum absolute atomic E-state index is 3.50. The zero-order chi connectivity index (χ0) is 15.5. The number of aryl methyl sites for hydroxylation is 3. The van der Waals surface area contributed by atoms with Gasteiger partial charge in [0.15, 0.2) is 0 Å². The predicted octanol–water partition coefficient (Wildman–Crippen LogP) is 3.99. The molecule has 0 amide bonds. The van der Waals surface area contributed by atoms with E-state index in [1.54, 1.807) is 0 Å². The Morgan fingerprint density at radius 3 is 2.05 bits per heavy atom. The molecule has 1 atom stereocenters. The molecule has 0 spiro atoms. The van der Waals surface area contributed by atoms with Crippen LogP contribution >= 0.6 is 0 Å². The highest BCUT2D eigenvalue weighted by atomic mass is 15.2. The summed E-state index contributed by atoms with van der Waals surface area (Å²) in [5, 5.41) is 3.50. The summed E-state index contributed by atoms with van der Waals surface area (Å²) in [7, 11) is 4.29. The van der Waals surface area contributed by atoms with Gasteiger partial charge in [0.05, 0.1) is 0 Å². The molecule has 20 heavy (non-hydrogen) atoms. The molecule has 1 aromatic rings. The van der Waals surface area contributed by atoms with Crippen molar-refractivity contribution in [2.75, 3.05) is 20.6 Å². The van der Waals surface area contributed by atoms with Crippen molar-refractivity contribution < 1.29 is 0 Å². The van der Waals surface area contributed by atoms with Gasteiger partial charge in [0.25, 0.3) is 0 Å². The molecule has 0 saturated carbocycles. The van der Waals surface area contributed by atoms with Crippen molar-refractivity contribution in [1.82, 2.24) is 10.2 Å². The van der Waals surface area contributed by atoms with Crippen LogP contribution in [0.4, 0.5) is 0 Å². The van der Waals surface area contributed by atoms with E-state index in [0.29, 0.717) is 6.04 Å². The highest BCUT2D eigenvalue weighted by molar-refractivity contribution is 5.39. The topological polar surface area (TPSA) is 15.3 Å². The Labute approximate surface area is 125 Å². The molecule has 0 saturated heterocycles. The van der Waals surface area contributed by atoms with Gasteiger partial charge >= 0.3 is 0 Å². The molecule has 0 aliphatic heterocycles. The number of hydrogen-bond acceptors (Lipinski definition) is 2. The molecule has 0 radical (unpaired) electrons. The molecule has 2 heteroatoms. The molecule has 0 aliphatic carbocycles. The van der Waals surface area contributed by atoms with E-state index in [4.69, 9.17) is 0 Å². The highest BCUT2D eigenvalue weighted by Crippen LogP contribution is 2.26. The van der Waals surface area contributed by atoms with E-state index < -0.39 is 0 Å². The summed E-state index contributed by atoms with van der Waals surface area (Å²) in [6.45, 7) is 14.5. The van der Waals surface area contributed by atoms with Gasteiger partial charge in [0.1, 0.15) is 0 Å². The minimum Gasteiger partial charge on any atom is -0.312 e. The lowest BCUT2D eigenvalue weighted by atomic mass is 9.92. The van der Waals surface area contributed by atoms with Gasteiger partial charge in [-0.05, 0) is 71.8 Å². The molecule has 114 valence electrons. The third-order valence-electron chi connectivity index (χ3n) is 4.79. The van der Waals surface area contributed by atoms with E-state index in [-0.39, 0.29) is 5.54 Å². The van der Waals surface area contributed by atoms with E-state index in [1.165, 1.54) is 22.3 Å². The Balaban J connectivity index is 3.04. The molecule has 1 N–H and O–H groups in total. The van der Waals surface area contributed by atoms with Crippen LogP contribution in [0.5, 0.6) is 0 Å². The highest BCUT2D eigenvalue weighted by Gasteiger charge is 2.25. The number of hydrogen-bond donors (Lipinski definition) is 1. The van der Waals surface area contributed by atoms with Crippen LogP contribution in [0, 0.1) is 20.8 Å².